The number of hydrogen-bond donors (Lipinski definition) is 2. The number of nitrogens with one attached hydrogen (secondary N) is 2. The van der Waals surface area contributed by atoms with E-state index < -0.39 is 0 Å². The number of fused-ring (bicyclic) bond motifs is 1. The first-order valence-electron chi connectivity index (χ1n) is 9.75. The number of aryl methyl sites for hydroxylation is 2. The highest BCUT2D eigenvalue weighted by Gasteiger charge is 2.06. The standard InChI is InChI=1S/C21H28N6O.HI/c1-3-23-21(25-13-15-28-18-8-6-11-22-16-18)24-12-7-14-27-17(2)26-19-9-4-5-10-20(19)27;/h4-6,8-11,16H,3,7,12-15H2,1-2H3,(H2,23,24,25);1H. The minimum atomic E-state index is 0. The zero-order valence-corrected chi connectivity index (χ0v) is 19.3. The van der Waals surface area contributed by atoms with E-state index in [0.29, 0.717) is 13.2 Å². The number of halogens is 1. The van der Waals surface area contributed by atoms with Crippen LogP contribution in [0.3, 0.4) is 0 Å². The van der Waals surface area contributed by atoms with E-state index in [0.717, 1.165) is 49.1 Å². The van der Waals surface area contributed by atoms with E-state index >= 15 is 0 Å². The predicted octanol–water partition coefficient (Wildman–Crippen LogP) is 3.38. The largest absolute Gasteiger partial charge is 0.490 e. The summed E-state index contributed by atoms with van der Waals surface area (Å²) in [6.07, 6.45) is 4.39. The van der Waals surface area contributed by atoms with Crippen molar-refractivity contribution >= 4 is 41.0 Å². The minimum Gasteiger partial charge on any atom is -0.490 e. The fraction of sp³-hybridized carbons (Fsp3) is 0.381. The zero-order chi connectivity index (χ0) is 19.6. The molecule has 29 heavy (non-hydrogen) atoms. The Bertz CT molecular complexity index is 897. The lowest BCUT2D eigenvalue weighted by Gasteiger charge is -2.12. The molecule has 0 aliphatic heterocycles. The molecule has 2 aromatic heterocycles. The van der Waals surface area contributed by atoms with Gasteiger partial charge >= 0.3 is 0 Å². The van der Waals surface area contributed by atoms with Crippen LogP contribution in [-0.2, 0) is 6.54 Å². The molecule has 0 unspecified atom stereocenters. The summed E-state index contributed by atoms with van der Waals surface area (Å²) in [5, 5.41) is 6.57. The number of benzene rings is 1. The minimum absolute atomic E-state index is 0. The van der Waals surface area contributed by atoms with Crippen molar-refractivity contribution in [3.63, 3.8) is 0 Å². The summed E-state index contributed by atoms with van der Waals surface area (Å²) in [7, 11) is 0. The van der Waals surface area contributed by atoms with E-state index in [4.69, 9.17) is 4.74 Å². The number of ether oxygens (including phenoxy) is 1. The monoisotopic (exact) mass is 508 g/mol. The summed E-state index contributed by atoms with van der Waals surface area (Å²) >= 11 is 0. The summed E-state index contributed by atoms with van der Waals surface area (Å²) in [4.78, 5) is 13.3. The Morgan fingerprint density at radius 1 is 1.17 bits per heavy atom. The molecule has 0 aliphatic rings. The van der Waals surface area contributed by atoms with E-state index in [9.17, 15) is 0 Å². The maximum Gasteiger partial charge on any atom is 0.191 e. The van der Waals surface area contributed by atoms with Crippen molar-refractivity contribution in [2.24, 2.45) is 4.99 Å². The molecule has 156 valence electrons. The molecule has 2 heterocycles. The van der Waals surface area contributed by atoms with Crippen molar-refractivity contribution in [3.8, 4) is 5.75 Å². The summed E-state index contributed by atoms with van der Waals surface area (Å²) in [6.45, 7) is 7.80. The Hall–Kier alpha value is -2.36. The molecule has 0 saturated carbocycles. The number of aliphatic imine (C=N–C) groups is 1. The van der Waals surface area contributed by atoms with E-state index in [1.807, 2.05) is 18.2 Å². The molecule has 0 aliphatic carbocycles. The average Bonchev–Trinajstić information content (AvgIpc) is 3.04. The first-order valence-corrected chi connectivity index (χ1v) is 9.75. The molecular formula is C21H29IN6O. The number of rotatable bonds is 9. The van der Waals surface area contributed by atoms with Crippen LogP contribution >= 0.6 is 24.0 Å². The fourth-order valence-corrected chi connectivity index (χ4v) is 3.01. The molecule has 2 N–H and O–H groups in total. The van der Waals surface area contributed by atoms with Crippen LogP contribution in [-0.4, -0.2) is 46.7 Å². The van der Waals surface area contributed by atoms with Crippen molar-refractivity contribution in [2.75, 3.05) is 26.2 Å². The number of para-hydroxylation sites is 2. The van der Waals surface area contributed by atoms with Crippen LogP contribution in [0.15, 0.2) is 53.8 Å². The molecule has 0 spiro atoms. The first kappa shape index (κ1) is 22.9. The second-order valence-electron chi connectivity index (χ2n) is 6.38. The van der Waals surface area contributed by atoms with Crippen LogP contribution in [0.2, 0.25) is 0 Å². The fourth-order valence-electron chi connectivity index (χ4n) is 3.01. The molecule has 8 heteroatoms. The van der Waals surface area contributed by atoms with E-state index in [1.165, 1.54) is 5.52 Å². The van der Waals surface area contributed by atoms with E-state index in [-0.39, 0.29) is 24.0 Å². The van der Waals surface area contributed by atoms with Crippen LogP contribution in [0.4, 0.5) is 0 Å². The molecule has 1 aromatic carbocycles. The molecule has 0 atom stereocenters. The maximum atomic E-state index is 5.65. The Balaban J connectivity index is 0.00000300. The summed E-state index contributed by atoms with van der Waals surface area (Å²) < 4.78 is 7.90. The molecule has 3 rings (SSSR count). The van der Waals surface area contributed by atoms with Crippen molar-refractivity contribution < 1.29 is 4.74 Å². The Kier molecular flexibility index (Phi) is 9.69. The topological polar surface area (TPSA) is 76.4 Å². The van der Waals surface area contributed by atoms with E-state index in [2.05, 4.69) is 62.2 Å². The molecule has 3 aromatic rings. The van der Waals surface area contributed by atoms with Gasteiger partial charge in [-0.15, -0.1) is 24.0 Å². The summed E-state index contributed by atoms with van der Waals surface area (Å²) in [6, 6.07) is 12.0. The average molecular weight is 508 g/mol. The second-order valence-corrected chi connectivity index (χ2v) is 6.38. The van der Waals surface area contributed by atoms with Crippen molar-refractivity contribution in [3.05, 3.63) is 54.6 Å². The molecule has 0 amide bonds. The molecule has 0 radical (unpaired) electrons. The Morgan fingerprint density at radius 3 is 2.83 bits per heavy atom. The van der Waals surface area contributed by atoms with Crippen LogP contribution in [0, 0.1) is 6.92 Å². The van der Waals surface area contributed by atoms with Gasteiger partial charge in [-0.25, -0.2) is 4.98 Å². The number of guanidine groups is 1. The number of hydrogen-bond acceptors (Lipinski definition) is 4. The number of aromatic nitrogens is 3. The van der Waals surface area contributed by atoms with Crippen LogP contribution < -0.4 is 15.4 Å². The lowest BCUT2D eigenvalue weighted by atomic mass is 10.3. The van der Waals surface area contributed by atoms with Gasteiger partial charge in [0, 0.05) is 25.8 Å². The highest BCUT2D eigenvalue weighted by molar-refractivity contribution is 14.0. The highest BCUT2D eigenvalue weighted by atomic mass is 127. The third-order valence-electron chi connectivity index (χ3n) is 4.30. The molecule has 0 saturated heterocycles. The van der Waals surface area contributed by atoms with Crippen molar-refractivity contribution in [1.82, 2.24) is 25.2 Å². The van der Waals surface area contributed by atoms with Crippen molar-refractivity contribution in [1.29, 1.82) is 0 Å². The van der Waals surface area contributed by atoms with Gasteiger partial charge in [0.05, 0.1) is 23.8 Å². The lowest BCUT2D eigenvalue weighted by Crippen LogP contribution is -2.39. The smallest absolute Gasteiger partial charge is 0.191 e. The molecular weight excluding hydrogens is 479 g/mol. The summed E-state index contributed by atoms with van der Waals surface area (Å²) in [5.74, 6) is 2.63. The van der Waals surface area contributed by atoms with Gasteiger partial charge in [-0.1, -0.05) is 12.1 Å². The van der Waals surface area contributed by atoms with E-state index in [1.54, 1.807) is 12.4 Å². The zero-order valence-electron chi connectivity index (χ0n) is 17.0. The van der Waals surface area contributed by atoms with Crippen LogP contribution in [0.5, 0.6) is 5.75 Å². The molecule has 0 bridgehead atoms. The maximum absolute atomic E-state index is 5.65. The Labute approximate surface area is 189 Å². The third kappa shape index (κ3) is 6.88. The van der Waals surface area contributed by atoms with Gasteiger partial charge in [-0.05, 0) is 44.5 Å². The van der Waals surface area contributed by atoms with Gasteiger partial charge in [-0.2, -0.15) is 0 Å². The highest BCUT2D eigenvalue weighted by Crippen LogP contribution is 2.15. The normalized spacial score (nSPS) is 11.2. The predicted molar refractivity (Wildman–Crippen MR) is 128 cm³/mol. The summed E-state index contributed by atoms with van der Waals surface area (Å²) in [5.41, 5.74) is 2.23. The van der Waals surface area contributed by atoms with Gasteiger partial charge in [0.25, 0.3) is 0 Å². The van der Waals surface area contributed by atoms with Gasteiger partial charge in [0.2, 0.25) is 0 Å². The number of pyridine rings is 1. The molecule has 7 nitrogen and oxygen atoms in total. The van der Waals surface area contributed by atoms with Gasteiger partial charge in [0.1, 0.15) is 18.2 Å². The quantitative estimate of drug-likeness (QED) is 0.201. The number of imidazole rings is 1. The second kappa shape index (κ2) is 12.3. The molecule has 0 fully saturated rings. The van der Waals surface area contributed by atoms with Crippen molar-refractivity contribution in [2.45, 2.75) is 26.8 Å². The van der Waals surface area contributed by atoms with Gasteiger partial charge in [-0.3, -0.25) is 9.98 Å². The lowest BCUT2D eigenvalue weighted by molar-refractivity contribution is 0.320. The van der Waals surface area contributed by atoms with Gasteiger partial charge < -0.3 is 19.9 Å². The van der Waals surface area contributed by atoms with Crippen LogP contribution in [0.25, 0.3) is 11.0 Å². The van der Waals surface area contributed by atoms with Crippen LogP contribution in [0.1, 0.15) is 19.2 Å². The Morgan fingerprint density at radius 2 is 2.03 bits per heavy atom. The first-order chi connectivity index (χ1) is 13.8. The third-order valence-corrected chi connectivity index (χ3v) is 4.30. The SMILES string of the molecule is CCNC(=NCCCn1c(C)nc2ccccc21)NCCOc1cccnc1.I. The number of nitrogens with zero attached hydrogens (tertiary/aromatic N) is 4. The van der Waals surface area contributed by atoms with Gasteiger partial charge in [0.15, 0.2) is 5.96 Å².